The lowest BCUT2D eigenvalue weighted by molar-refractivity contribution is 0.511. The van der Waals surface area contributed by atoms with Crippen molar-refractivity contribution in [3.63, 3.8) is 0 Å². The van der Waals surface area contributed by atoms with Crippen LogP contribution in [0.2, 0.25) is 0 Å². The molecule has 2 heteroatoms. The smallest absolute Gasteiger partial charge is 0.0603 e. The molecule has 0 aromatic carbocycles. The molecule has 0 bridgehead atoms. The van der Waals surface area contributed by atoms with Gasteiger partial charge in [0.2, 0.25) is 0 Å². The predicted molar refractivity (Wildman–Crippen MR) is 41.6 cm³/mol. The van der Waals surface area contributed by atoms with Crippen LogP contribution in [0.5, 0.6) is 0 Å². The molecule has 0 aromatic rings. The Bertz CT molecular complexity index is 121. The number of isothiocyanates is 1. The van der Waals surface area contributed by atoms with Gasteiger partial charge in [-0.1, -0.05) is 0 Å². The van der Waals surface area contributed by atoms with Crippen molar-refractivity contribution in [3.8, 4) is 0 Å². The quantitative estimate of drug-likeness (QED) is 0.402. The number of aliphatic imine (C=N–C) groups is 1. The standard InChI is InChI=1S/C7H10NS/c9-6-8-7-4-2-1-3-5-7/h1,7H,2-5H2. The van der Waals surface area contributed by atoms with Crippen LogP contribution in [0.4, 0.5) is 0 Å². The van der Waals surface area contributed by atoms with E-state index in [1.807, 2.05) is 0 Å². The molecule has 0 spiro atoms. The van der Waals surface area contributed by atoms with Crippen LogP contribution in [-0.4, -0.2) is 11.2 Å². The molecule has 0 N–H and O–H groups in total. The third kappa shape index (κ3) is 2.25. The average Bonchev–Trinajstić information content (AvgIpc) is 1.91. The summed E-state index contributed by atoms with van der Waals surface area (Å²) in [6.45, 7) is 0. The number of thiocarbonyl (C=S) groups is 1. The first-order chi connectivity index (χ1) is 4.43. The van der Waals surface area contributed by atoms with Gasteiger partial charge in [0.05, 0.1) is 11.2 Å². The molecule has 1 rings (SSSR count). The molecule has 1 aliphatic rings. The summed E-state index contributed by atoms with van der Waals surface area (Å²) in [5.74, 6) is 0. The first-order valence-electron chi connectivity index (χ1n) is 3.32. The summed E-state index contributed by atoms with van der Waals surface area (Å²) < 4.78 is 0. The molecule has 0 amide bonds. The van der Waals surface area contributed by atoms with Crippen molar-refractivity contribution < 1.29 is 0 Å². The molecule has 1 aliphatic carbocycles. The highest BCUT2D eigenvalue weighted by molar-refractivity contribution is 7.78. The fourth-order valence-electron chi connectivity index (χ4n) is 1.11. The molecule has 0 aliphatic heterocycles. The van der Waals surface area contributed by atoms with Gasteiger partial charge in [-0.25, -0.2) is 4.99 Å². The molecule has 0 heterocycles. The second-order valence-corrected chi connectivity index (χ2v) is 2.50. The van der Waals surface area contributed by atoms with Crippen molar-refractivity contribution in [2.24, 2.45) is 4.99 Å². The zero-order valence-electron chi connectivity index (χ0n) is 5.34. The maximum atomic E-state index is 4.51. The van der Waals surface area contributed by atoms with Crippen LogP contribution in [0.25, 0.3) is 0 Å². The SMILES string of the molecule is S=C=NC1CC[CH]CC1. The molecule has 0 saturated heterocycles. The van der Waals surface area contributed by atoms with Crippen LogP contribution in [0.3, 0.4) is 0 Å². The minimum atomic E-state index is 0.479. The number of rotatable bonds is 1. The monoisotopic (exact) mass is 140 g/mol. The summed E-state index contributed by atoms with van der Waals surface area (Å²) in [4.78, 5) is 4.03. The highest BCUT2D eigenvalue weighted by atomic mass is 32.1. The first-order valence-corrected chi connectivity index (χ1v) is 3.73. The molecule has 0 aromatic heterocycles. The van der Waals surface area contributed by atoms with E-state index < -0.39 is 0 Å². The predicted octanol–water partition coefficient (Wildman–Crippen LogP) is 2.24. The maximum absolute atomic E-state index is 4.51. The third-order valence-electron chi connectivity index (χ3n) is 1.64. The molecule has 1 fully saturated rings. The Hall–Kier alpha value is -0.200. The lowest BCUT2D eigenvalue weighted by atomic mass is 9.96. The van der Waals surface area contributed by atoms with E-state index in [1.54, 1.807) is 0 Å². The van der Waals surface area contributed by atoms with Gasteiger partial charge in [-0.2, -0.15) is 0 Å². The highest BCUT2D eigenvalue weighted by Crippen LogP contribution is 2.18. The van der Waals surface area contributed by atoms with E-state index in [0.29, 0.717) is 6.04 Å². The van der Waals surface area contributed by atoms with Gasteiger partial charge in [0.1, 0.15) is 0 Å². The normalized spacial score (nSPS) is 20.9. The van der Waals surface area contributed by atoms with Crippen LogP contribution in [0.15, 0.2) is 4.99 Å². The third-order valence-corrected chi connectivity index (χ3v) is 1.75. The van der Waals surface area contributed by atoms with Crippen molar-refractivity contribution >= 4 is 17.4 Å². The Morgan fingerprint density at radius 3 is 2.67 bits per heavy atom. The largest absolute Gasteiger partial charge is 0.229 e. The first kappa shape index (κ1) is 6.91. The molecule has 0 atom stereocenters. The lowest BCUT2D eigenvalue weighted by Crippen LogP contribution is -2.08. The summed E-state index contributed by atoms with van der Waals surface area (Å²) >= 11 is 4.51. The van der Waals surface area contributed by atoms with E-state index in [4.69, 9.17) is 0 Å². The summed E-state index contributed by atoms with van der Waals surface area (Å²) in [7, 11) is 0. The Morgan fingerprint density at radius 2 is 2.11 bits per heavy atom. The van der Waals surface area contributed by atoms with E-state index >= 15 is 0 Å². The number of hydrogen-bond donors (Lipinski definition) is 0. The molecule has 1 saturated carbocycles. The Balaban J connectivity index is 2.31. The lowest BCUT2D eigenvalue weighted by Gasteiger charge is -2.14. The molecular formula is C7H10NS. The van der Waals surface area contributed by atoms with Crippen molar-refractivity contribution in [1.29, 1.82) is 0 Å². The molecule has 0 unspecified atom stereocenters. The van der Waals surface area contributed by atoms with E-state index in [0.717, 1.165) is 0 Å². The van der Waals surface area contributed by atoms with Gasteiger partial charge in [-0.05, 0) is 44.3 Å². The maximum Gasteiger partial charge on any atom is 0.0603 e. The second-order valence-electron chi connectivity index (χ2n) is 2.32. The van der Waals surface area contributed by atoms with Crippen LogP contribution >= 0.6 is 12.2 Å². The Labute approximate surface area is 61.2 Å². The summed E-state index contributed by atoms with van der Waals surface area (Å²) in [6.07, 6.45) is 7.05. The fourth-order valence-corrected chi connectivity index (χ4v) is 1.26. The van der Waals surface area contributed by atoms with Crippen LogP contribution < -0.4 is 0 Å². The van der Waals surface area contributed by atoms with Crippen LogP contribution in [0, 0.1) is 6.42 Å². The van der Waals surface area contributed by atoms with E-state index in [1.165, 1.54) is 25.7 Å². The van der Waals surface area contributed by atoms with Gasteiger partial charge >= 0.3 is 0 Å². The van der Waals surface area contributed by atoms with Gasteiger partial charge in [0.15, 0.2) is 0 Å². The van der Waals surface area contributed by atoms with Gasteiger partial charge in [0, 0.05) is 0 Å². The Morgan fingerprint density at radius 1 is 1.44 bits per heavy atom. The molecule has 49 valence electrons. The van der Waals surface area contributed by atoms with Gasteiger partial charge < -0.3 is 0 Å². The van der Waals surface area contributed by atoms with Crippen molar-refractivity contribution in [2.75, 3.05) is 0 Å². The zero-order valence-corrected chi connectivity index (χ0v) is 6.16. The molecule has 9 heavy (non-hydrogen) atoms. The van der Waals surface area contributed by atoms with Gasteiger partial charge in [0.25, 0.3) is 0 Å². The minimum absolute atomic E-state index is 0.479. The van der Waals surface area contributed by atoms with E-state index in [2.05, 4.69) is 28.8 Å². The zero-order chi connectivity index (χ0) is 6.53. The van der Waals surface area contributed by atoms with Crippen molar-refractivity contribution in [1.82, 2.24) is 0 Å². The van der Waals surface area contributed by atoms with E-state index in [9.17, 15) is 0 Å². The number of hydrogen-bond acceptors (Lipinski definition) is 2. The van der Waals surface area contributed by atoms with Crippen LogP contribution in [-0.2, 0) is 0 Å². The fraction of sp³-hybridized carbons (Fsp3) is 0.714. The summed E-state index contributed by atoms with van der Waals surface area (Å²) in [5, 5.41) is 2.43. The minimum Gasteiger partial charge on any atom is -0.229 e. The van der Waals surface area contributed by atoms with E-state index in [-0.39, 0.29) is 0 Å². The molecular weight excluding hydrogens is 130 g/mol. The summed E-state index contributed by atoms with van der Waals surface area (Å²) in [6, 6.07) is 0.479. The Kier molecular flexibility index (Phi) is 2.88. The molecule has 1 radical (unpaired) electrons. The average molecular weight is 140 g/mol. The van der Waals surface area contributed by atoms with Crippen molar-refractivity contribution in [2.45, 2.75) is 31.7 Å². The van der Waals surface area contributed by atoms with Crippen molar-refractivity contribution in [3.05, 3.63) is 6.42 Å². The topological polar surface area (TPSA) is 12.4 Å². The molecule has 1 nitrogen and oxygen atoms in total. The summed E-state index contributed by atoms with van der Waals surface area (Å²) in [5.41, 5.74) is 0. The second kappa shape index (κ2) is 3.76. The van der Waals surface area contributed by atoms with Crippen LogP contribution in [0.1, 0.15) is 25.7 Å². The highest BCUT2D eigenvalue weighted by Gasteiger charge is 2.10. The van der Waals surface area contributed by atoms with Gasteiger partial charge in [-0.3, -0.25) is 0 Å². The number of nitrogens with zero attached hydrogens (tertiary/aromatic N) is 1. The van der Waals surface area contributed by atoms with Gasteiger partial charge in [-0.15, -0.1) is 0 Å².